The third-order valence-electron chi connectivity index (χ3n) is 6.13. The predicted octanol–water partition coefficient (Wildman–Crippen LogP) is 4.64. The maximum Gasteiger partial charge on any atom is 0.224 e. The molecule has 5 rings (SSSR count). The molecule has 1 amide bonds. The maximum absolute atomic E-state index is 13.4. The molecular formula is C26H26FN5OS. The number of fused-ring (bicyclic) bond motifs is 1. The lowest BCUT2D eigenvalue weighted by Gasteiger charge is -2.34. The van der Waals surface area contributed by atoms with Crippen LogP contribution in [0.2, 0.25) is 0 Å². The number of thiophene rings is 1. The molecule has 1 N–H and O–H groups in total. The second kappa shape index (κ2) is 10.3. The summed E-state index contributed by atoms with van der Waals surface area (Å²) in [5.41, 5.74) is 3.18. The van der Waals surface area contributed by atoms with Crippen molar-refractivity contribution in [3.63, 3.8) is 0 Å². The van der Waals surface area contributed by atoms with Gasteiger partial charge in [0.1, 0.15) is 22.8 Å². The van der Waals surface area contributed by atoms with Crippen LogP contribution in [0.3, 0.4) is 0 Å². The van der Waals surface area contributed by atoms with Crippen LogP contribution in [0.1, 0.15) is 12.0 Å². The van der Waals surface area contributed by atoms with Gasteiger partial charge in [-0.2, -0.15) is 0 Å². The Labute approximate surface area is 202 Å². The zero-order chi connectivity index (χ0) is 23.3. The van der Waals surface area contributed by atoms with Gasteiger partial charge in [0, 0.05) is 56.6 Å². The molecule has 1 fully saturated rings. The van der Waals surface area contributed by atoms with E-state index in [4.69, 9.17) is 0 Å². The van der Waals surface area contributed by atoms with Gasteiger partial charge in [0.15, 0.2) is 0 Å². The van der Waals surface area contributed by atoms with Crippen LogP contribution in [0.15, 0.2) is 66.3 Å². The van der Waals surface area contributed by atoms with Crippen molar-refractivity contribution >= 4 is 33.3 Å². The van der Waals surface area contributed by atoms with Gasteiger partial charge in [-0.1, -0.05) is 42.5 Å². The molecular weight excluding hydrogens is 449 g/mol. The van der Waals surface area contributed by atoms with Crippen LogP contribution in [0.4, 0.5) is 10.2 Å². The monoisotopic (exact) mass is 475 g/mol. The summed E-state index contributed by atoms with van der Waals surface area (Å²) in [5, 5.41) is 6.25. The highest BCUT2D eigenvalue weighted by molar-refractivity contribution is 7.17. The lowest BCUT2D eigenvalue weighted by atomic mass is 10.1. The normalized spacial score (nSPS) is 14.4. The van der Waals surface area contributed by atoms with Crippen LogP contribution in [0, 0.1) is 5.82 Å². The first kappa shape index (κ1) is 22.4. The van der Waals surface area contributed by atoms with Gasteiger partial charge in [-0.25, -0.2) is 14.4 Å². The Morgan fingerprint density at radius 3 is 2.53 bits per heavy atom. The average Bonchev–Trinajstić information content (AvgIpc) is 3.31. The number of rotatable bonds is 7. The summed E-state index contributed by atoms with van der Waals surface area (Å²) < 4.78 is 13.4. The van der Waals surface area contributed by atoms with Crippen molar-refractivity contribution in [2.24, 2.45) is 0 Å². The molecule has 0 unspecified atom stereocenters. The Morgan fingerprint density at radius 1 is 1.00 bits per heavy atom. The van der Waals surface area contributed by atoms with E-state index in [1.165, 1.54) is 35.4 Å². The van der Waals surface area contributed by atoms with Crippen molar-refractivity contribution in [2.75, 3.05) is 38.0 Å². The summed E-state index contributed by atoms with van der Waals surface area (Å²) in [7, 11) is 0. The summed E-state index contributed by atoms with van der Waals surface area (Å²) in [6, 6.07) is 16.9. The van der Waals surface area contributed by atoms with Crippen molar-refractivity contribution in [1.82, 2.24) is 19.8 Å². The Morgan fingerprint density at radius 2 is 1.76 bits per heavy atom. The molecule has 1 aliphatic heterocycles. The Bertz CT molecular complexity index is 1250. The zero-order valence-electron chi connectivity index (χ0n) is 18.8. The van der Waals surface area contributed by atoms with Crippen molar-refractivity contribution < 1.29 is 9.18 Å². The van der Waals surface area contributed by atoms with Gasteiger partial charge in [-0.15, -0.1) is 11.3 Å². The smallest absolute Gasteiger partial charge is 0.224 e. The molecule has 1 aliphatic rings. The molecule has 4 aromatic rings. The van der Waals surface area contributed by atoms with E-state index in [2.05, 4.69) is 44.5 Å². The van der Waals surface area contributed by atoms with Gasteiger partial charge in [0.25, 0.3) is 0 Å². The fourth-order valence-electron chi connectivity index (χ4n) is 4.29. The number of carbonyl (C=O) groups excluding carboxylic acids is 1. The molecule has 1 saturated heterocycles. The van der Waals surface area contributed by atoms with Crippen LogP contribution in [-0.4, -0.2) is 58.4 Å². The summed E-state index contributed by atoms with van der Waals surface area (Å²) in [5.74, 6) is 0.588. The molecule has 0 radical (unpaired) electrons. The molecule has 0 atom stereocenters. The number of piperazine rings is 1. The first-order valence-corrected chi connectivity index (χ1v) is 12.3. The summed E-state index contributed by atoms with van der Waals surface area (Å²) in [6.45, 7) is 4.69. The summed E-state index contributed by atoms with van der Waals surface area (Å²) >= 11 is 1.53. The molecule has 0 spiro atoms. The van der Waals surface area contributed by atoms with Crippen molar-refractivity contribution in [3.05, 3.63) is 77.7 Å². The third-order valence-corrected chi connectivity index (χ3v) is 7.02. The number of hydrogen-bond donors (Lipinski definition) is 1. The number of halogens is 1. The topological polar surface area (TPSA) is 61.4 Å². The highest BCUT2D eigenvalue weighted by Gasteiger charge is 2.21. The lowest BCUT2D eigenvalue weighted by molar-refractivity contribution is -0.132. The standard InChI is InChI=1S/C26H26FN5OS/c27-21-8-6-20(7-9-21)22-17-34-26-24(22)25(29-18-30-26)28-11-10-23(33)32-14-12-31(13-15-32)16-19-4-2-1-3-5-19/h1-9,17-18H,10-16H2,(H,28,29,30). The fourth-order valence-corrected chi connectivity index (χ4v) is 5.21. The number of aromatic nitrogens is 2. The quantitative estimate of drug-likeness (QED) is 0.422. The minimum Gasteiger partial charge on any atom is -0.369 e. The van der Waals surface area contributed by atoms with E-state index >= 15 is 0 Å². The highest BCUT2D eigenvalue weighted by atomic mass is 32.1. The van der Waals surface area contributed by atoms with E-state index in [1.54, 1.807) is 12.1 Å². The Kier molecular flexibility index (Phi) is 6.78. The number of hydrogen-bond acceptors (Lipinski definition) is 6. The van der Waals surface area contributed by atoms with Crippen LogP contribution < -0.4 is 5.32 Å². The molecule has 0 bridgehead atoms. The molecule has 34 heavy (non-hydrogen) atoms. The number of anilines is 1. The predicted molar refractivity (Wildman–Crippen MR) is 134 cm³/mol. The van der Waals surface area contributed by atoms with Crippen molar-refractivity contribution in [2.45, 2.75) is 13.0 Å². The highest BCUT2D eigenvalue weighted by Crippen LogP contribution is 2.36. The van der Waals surface area contributed by atoms with E-state index in [0.717, 1.165) is 54.1 Å². The largest absolute Gasteiger partial charge is 0.369 e. The summed E-state index contributed by atoms with van der Waals surface area (Å²) in [6.07, 6.45) is 1.93. The Balaban J connectivity index is 1.17. The van der Waals surface area contributed by atoms with E-state index in [-0.39, 0.29) is 11.7 Å². The molecule has 2 aromatic carbocycles. The average molecular weight is 476 g/mol. The van der Waals surface area contributed by atoms with Gasteiger partial charge in [-0.05, 0) is 23.3 Å². The Hall–Kier alpha value is -3.36. The number of carbonyl (C=O) groups is 1. The second-order valence-corrected chi connectivity index (χ2v) is 9.24. The molecule has 174 valence electrons. The van der Waals surface area contributed by atoms with E-state index in [0.29, 0.717) is 18.8 Å². The van der Waals surface area contributed by atoms with Gasteiger partial charge in [-0.3, -0.25) is 9.69 Å². The van der Waals surface area contributed by atoms with E-state index < -0.39 is 0 Å². The first-order chi connectivity index (χ1) is 16.7. The number of amides is 1. The van der Waals surface area contributed by atoms with Crippen molar-refractivity contribution in [1.29, 1.82) is 0 Å². The minimum atomic E-state index is -0.266. The van der Waals surface area contributed by atoms with Crippen LogP contribution in [0.25, 0.3) is 21.3 Å². The number of nitrogens with zero attached hydrogens (tertiary/aromatic N) is 4. The molecule has 8 heteroatoms. The molecule has 2 aromatic heterocycles. The molecule has 0 saturated carbocycles. The van der Waals surface area contributed by atoms with Gasteiger partial charge in [0.05, 0.1) is 5.39 Å². The van der Waals surface area contributed by atoms with Gasteiger partial charge < -0.3 is 10.2 Å². The zero-order valence-corrected chi connectivity index (χ0v) is 19.6. The molecule has 3 heterocycles. The van der Waals surface area contributed by atoms with Gasteiger partial charge in [0.2, 0.25) is 5.91 Å². The van der Waals surface area contributed by atoms with Crippen molar-refractivity contribution in [3.8, 4) is 11.1 Å². The first-order valence-electron chi connectivity index (χ1n) is 11.4. The fraction of sp³-hybridized carbons (Fsp3) is 0.269. The third kappa shape index (κ3) is 5.08. The van der Waals surface area contributed by atoms with Crippen LogP contribution in [-0.2, 0) is 11.3 Å². The summed E-state index contributed by atoms with van der Waals surface area (Å²) in [4.78, 5) is 26.8. The van der Waals surface area contributed by atoms with Crippen LogP contribution in [0.5, 0.6) is 0 Å². The SMILES string of the molecule is O=C(CCNc1ncnc2scc(-c3ccc(F)cc3)c12)N1CCN(Cc2ccccc2)CC1. The maximum atomic E-state index is 13.4. The lowest BCUT2D eigenvalue weighted by Crippen LogP contribution is -2.48. The van der Waals surface area contributed by atoms with Crippen LogP contribution >= 0.6 is 11.3 Å². The molecule has 6 nitrogen and oxygen atoms in total. The second-order valence-electron chi connectivity index (χ2n) is 8.38. The van der Waals surface area contributed by atoms with E-state index in [9.17, 15) is 9.18 Å². The van der Waals surface area contributed by atoms with E-state index in [1.807, 2.05) is 16.3 Å². The number of nitrogens with one attached hydrogen (secondary N) is 1. The molecule has 0 aliphatic carbocycles. The number of benzene rings is 2. The minimum absolute atomic E-state index is 0.154. The van der Waals surface area contributed by atoms with Gasteiger partial charge >= 0.3 is 0 Å².